The Morgan fingerprint density at radius 1 is 1.43 bits per heavy atom. The molecule has 0 saturated carbocycles. The molecule has 0 bridgehead atoms. The highest BCUT2D eigenvalue weighted by molar-refractivity contribution is 5.62. The number of aryl methyl sites for hydroxylation is 1. The zero-order valence-electron chi connectivity index (χ0n) is 12.4. The van der Waals surface area contributed by atoms with Crippen molar-refractivity contribution in [2.45, 2.75) is 27.3 Å². The molecule has 21 heavy (non-hydrogen) atoms. The normalized spacial score (nSPS) is 11.0. The van der Waals surface area contributed by atoms with Gasteiger partial charge in [0, 0.05) is 17.2 Å². The number of benzene rings is 1. The molecule has 1 N–H and O–H groups in total. The van der Waals surface area contributed by atoms with Crippen LogP contribution in [0, 0.1) is 23.0 Å². The molecule has 0 aliphatic carbocycles. The zero-order valence-corrected chi connectivity index (χ0v) is 12.4. The van der Waals surface area contributed by atoms with Crippen LogP contribution in [0.3, 0.4) is 0 Å². The maximum atomic E-state index is 11.0. The van der Waals surface area contributed by atoms with Gasteiger partial charge < -0.3 is 9.73 Å². The van der Waals surface area contributed by atoms with E-state index in [0.717, 1.165) is 6.54 Å². The van der Waals surface area contributed by atoms with Crippen LogP contribution in [0.4, 0.5) is 5.69 Å². The SMILES string of the molecule is Cc1ccc(-c2cnc(CNCC(C)C)o2)cc1[N+](=O)[O-]. The summed E-state index contributed by atoms with van der Waals surface area (Å²) in [6.07, 6.45) is 1.60. The van der Waals surface area contributed by atoms with Crippen LogP contribution in [0.5, 0.6) is 0 Å². The van der Waals surface area contributed by atoms with Crippen LogP contribution in [0.2, 0.25) is 0 Å². The average molecular weight is 289 g/mol. The smallest absolute Gasteiger partial charge is 0.273 e. The minimum atomic E-state index is -0.389. The van der Waals surface area contributed by atoms with E-state index in [9.17, 15) is 10.1 Å². The lowest BCUT2D eigenvalue weighted by Gasteiger charge is -2.04. The molecule has 0 aliphatic heterocycles. The lowest BCUT2D eigenvalue weighted by atomic mass is 10.1. The summed E-state index contributed by atoms with van der Waals surface area (Å²) in [6.45, 7) is 7.39. The van der Waals surface area contributed by atoms with Crippen molar-refractivity contribution >= 4 is 5.69 Å². The largest absolute Gasteiger partial charge is 0.439 e. The summed E-state index contributed by atoms with van der Waals surface area (Å²) in [5, 5.41) is 14.2. The van der Waals surface area contributed by atoms with E-state index in [1.807, 2.05) is 0 Å². The molecule has 1 heterocycles. The van der Waals surface area contributed by atoms with Crippen molar-refractivity contribution < 1.29 is 9.34 Å². The van der Waals surface area contributed by atoms with E-state index in [2.05, 4.69) is 24.1 Å². The van der Waals surface area contributed by atoms with Gasteiger partial charge in [0.05, 0.1) is 17.7 Å². The second-order valence-corrected chi connectivity index (χ2v) is 5.40. The van der Waals surface area contributed by atoms with Crippen LogP contribution in [0.1, 0.15) is 25.3 Å². The van der Waals surface area contributed by atoms with E-state index in [4.69, 9.17) is 4.42 Å². The van der Waals surface area contributed by atoms with Gasteiger partial charge in [-0.1, -0.05) is 26.0 Å². The maximum Gasteiger partial charge on any atom is 0.273 e. The Morgan fingerprint density at radius 3 is 2.86 bits per heavy atom. The molecule has 0 atom stereocenters. The van der Waals surface area contributed by atoms with Crippen LogP contribution in [-0.4, -0.2) is 16.5 Å². The van der Waals surface area contributed by atoms with Crippen molar-refractivity contribution in [2.24, 2.45) is 5.92 Å². The van der Waals surface area contributed by atoms with Gasteiger partial charge in [-0.15, -0.1) is 0 Å². The fourth-order valence-corrected chi connectivity index (χ4v) is 1.95. The van der Waals surface area contributed by atoms with E-state index in [1.54, 1.807) is 25.3 Å². The lowest BCUT2D eigenvalue weighted by molar-refractivity contribution is -0.385. The number of rotatable bonds is 6. The molecule has 0 spiro atoms. The summed E-state index contributed by atoms with van der Waals surface area (Å²) in [6, 6.07) is 5.03. The quantitative estimate of drug-likeness (QED) is 0.651. The number of nitro benzene ring substituents is 1. The first-order valence-corrected chi connectivity index (χ1v) is 6.88. The standard InChI is InChI=1S/C15H19N3O3/c1-10(2)7-16-9-15-17-8-14(21-15)12-5-4-11(3)13(6-12)18(19)20/h4-6,8,10,16H,7,9H2,1-3H3. The van der Waals surface area contributed by atoms with E-state index in [0.29, 0.717) is 35.2 Å². The number of hydrogen-bond donors (Lipinski definition) is 1. The predicted molar refractivity (Wildman–Crippen MR) is 79.9 cm³/mol. The number of aromatic nitrogens is 1. The van der Waals surface area contributed by atoms with Crippen LogP contribution < -0.4 is 5.32 Å². The van der Waals surface area contributed by atoms with Gasteiger partial charge in [-0.3, -0.25) is 10.1 Å². The van der Waals surface area contributed by atoms with E-state index >= 15 is 0 Å². The molecule has 6 nitrogen and oxygen atoms in total. The predicted octanol–water partition coefficient (Wildman–Crippen LogP) is 3.30. The summed E-state index contributed by atoms with van der Waals surface area (Å²) in [5.74, 6) is 1.67. The summed E-state index contributed by atoms with van der Waals surface area (Å²) >= 11 is 0. The summed E-state index contributed by atoms with van der Waals surface area (Å²) in [4.78, 5) is 14.8. The first kappa shape index (κ1) is 15.2. The Labute approximate surface area is 123 Å². The van der Waals surface area contributed by atoms with Crippen LogP contribution >= 0.6 is 0 Å². The van der Waals surface area contributed by atoms with E-state index in [-0.39, 0.29) is 10.6 Å². The summed E-state index contributed by atoms with van der Waals surface area (Å²) < 4.78 is 5.63. The lowest BCUT2D eigenvalue weighted by Crippen LogP contribution is -2.18. The molecule has 2 rings (SSSR count). The Balaban J connectivity index is 2.14. The summed E-state index contributed by atoms with van der Waals surface area (Å²) in [5.41, 5.74) is 1.38. The molecule has 1 aromatic carbocycles. The van der Waals surface area contributed by atoms with Gasteiger partial charge in [0.1, 0.15) is 0 Å². The van der Waals surface area contributed by atoms with Gasteiger partial charge in [0.2, 0.25) is 5.89 Å². The molecule has 0 radical (unpaired) electrons. The highest BCUT2D eigenvalue weighted by Crippen LogP contribution is 2.27. The highest BCUT2D eigenvalue weighted by atomic mass is 16.6. The monoisotopic (exact) mass is 289 g/mol. The molecule has 0 unspecified atom stereocenters. The topological polar surface area (TPSA) is 81.2 Å². The number of nitrogens with one attached hydrogen (secondary N) is 1. The van der Waals surface area contributed by atoms with Crippen molar-refractivity contribution in [3.05, 3.63) is 46.0 Å². The average Bonchev–Trinajstić information content (AvgIpc) is 2.87. The molecule has 0 aliphatic rings. The Hall–Kier alpha value is -2.21. The highest BCUT2D eigenvalue weighted by Gasteiger charge is 2.14. The first-order chi connectivity index (χ1) is 9.97. The third-order valence-electron chi connectivity index (χ3n) is 3.07. The number of nitro groups is 1. The van der Waals surface area contributed by atoms with Crippen molar-refractivity contribution in [1.29, 1.82) is 0 Å². The molecule has 0 fully saturated rings. The second-order valence-electron chi connectivity index (χ2n) is 5.40. The molecule has 112 valence electrons. The van der Waals surface area contributed by atoms with Gasteiger partial charge in [-0.25, -0.2) is 4.98 Å². The molecular formula is C15H19N3O3. The second kappa shape index (κ2) is 6.49. The molecular weight excluding hydrogens is 270 g/mol. The van der Waals surface area contributed by atoms with Crippen LogP contribution in [0.15, 0.2) is 28.8 Å². The van der Waals surface area contributed by atoms with Gasteiger partial charge in [0.15, 0.2) is 5.76 Å². The van der Waals surface area contributed by atoms with Gasteiger partial charge in [-0.2, -0.15) is 0 Å². The fourth-order valence-electron chi connectivity index (χ4n) is 1.95. The summed E-state index contributed by atoms with van der Waals surface area (Å²) in [7, 11) is 0. The minimum absolute atomic E-state index is 0.0865. The molecule has 0 saturated heterocycles. The molecule has 0 amide bonds. The third kappa shape index (κ3) is 3.88. The molecule has 2 aromatic rings. The fraction of sp³-hybridized carbons (Fsp3) is 0.400. The first-order valence-electron chi connectivity index (χ1n) is 6.88. The van der Waals surface area contributed by atoms with Gasteiger partial charge in [-0.05, 0) is 19.4 Å². The number of oxazole rings is 1. The van der Waals surface area contributed by atoms with Gasteiger partial charge in [0.25, 0.3) is 5.69 Å². The van der Waals surface area contributed by atoms with E-state index < -0.39 is 0 Å². The molecule has 6 heteroatoms. The molecule has 1 aromatic heterocycles. The number of nitrogens with zero attached hydrogens (tertiary/aromatic N) is 2. The van der Waals surface area contributed by atoms with Crippen molar-refractivity contribution in [1.82, 2.24) is 10.3 Å². The number of hydrogen-bond acceptors (Lipinski definition) is 5. The van der Waals surface area contributed by atoms with Crippen LogP contribution in [-0.2, 0) is 6.54 Å². The van der Waals surface area contributed by atoms with Crippen molar-refractivity contribution in [3.63, 3.8) is 0 Å². The Morgan fingerprint density at radius 2 is 2.19 bits per heavy atom. The van der Waals surface area contributed by atoms with Gasteiger partial charge >= 0.3 is 0 Å². The van der Waals surface area contributed by atoms with E-state index in [1.165, 1.54) is 6.07 Å². The zero-order chi connectivity index (χ0) is 15.4. The maximum absolute atomic E-state index is 11.0. The van der Waals surface area contributed by atoms with Crippen molar-refractivity contribution in [2.75, 3.05) is 6.54 Å². The minimum Gasteiger partial charge on any atom is -0.439 e. The van der Waals surface area contributed by atoms with Crippen LogP contribution in [0.25, 0.3) is 11.3 Å². The Bertz CT molecular complexity index is 635. The van der Waals surface area contributed by atoms with Crippen molar-refractivity contribution in [3.8, 4) is 11.3 Å². The third-order valence-corrected chi connectivity index (χ3v) is 3.07. The Kier molecular flexibility index (Phi) is 4.70.